The molecule has 0 aliphatic carbocycles. The highest BCUT2D eigenvalue weighted by atomic mass is 16.5. The zero-order valence-electron chi connectivity index (χ0n) is 12.0. The summed E-state index contributed by atoms with van der Waals surface area (Å²) in [5, 5.41) is 0. The number of nitrogens with zero attached hydrogens (tertiary/aromatic N) is 2. The lowest BCUT2D eigenvalue weighted by molar-refractivity contribution is 0.317. The Kier molecular flexibility index (Phi) is 5.09. The molecule has 0 saturated heterocycles. The fourth-order valence-electron chi connectivity index (χ4n) is 2.23. The third kappa shape index (κ3) is 3.79. The molecule has 20 heavy (non-hydrogen) atoms. The monoisotopic (exact) mass is 271 g/mol. The first-order valence-electron chi connectivity index (χ1n) is 6.66. The minimum absolute atomic E-state index is 0.495. The fourth-order valence-corrected chi connectivity index (χ4v) is 2.23. The summed E-state index contributed by atoms with van der Waals surface area (Å²) in [4.78, 5) is 6.38. The van der Waals surface area contributed by atoms with Gasteiger partial charge >= 0.3 is 0 Å². The molecule has 106 valence electrons. The van der Waals surface area contributed by atoms with Crippen LogP contribution in [0.2, 0.25) is 0 Å². The van der Waals surface area contributed by atoms with Gasteiger partial charge in [-0.1, -0.05) is 18.2 Å². The average molecular weight is 271 g/mol. The Morgan fingerprint density at radius 3 is 2.65 bits per heavy atom. The maximum Gasteiger partial charge on any atom is 0.123 e. The van der Waals surface area contributed by atoms with Crippen molar-refractivity contribution in [1.82, 2.24) is 9.88 Å². The van der Waals surface area contributed by atoms with E-state index in [0.717, 1.165) is 24.4 Å². The van der Waals surface area contributed by atoms with Gasteiger partial charge in [0.2, 0.25) is 0 Å². The molecular weight excluding hydrogens is 250 g/mol. The van der Waals surface area contributed by atoms with Crippen molar-refractivity contribution in [3.8, 4) is 5.75 Å². The van der Waals surface area contributed by atoms with Gasteiger partial charge in [0.1, 0.15) is 5.75 Å². The number of methoxy groups -OCH3 is 1. The summed E-state index contributed by atoms with van der Waals surface area (Å²) in [6.07, 6.45) is 3.69. The molecular formula is C16H21N3O. The van der Waals surface area contributed by atoms with Crippen LogP contribution in [0.4, 0.5) is 0 Å². The zero-order chi connectivity index (χ0) is 14.4. The zero-order valence-corrected chi connectivity index (χ0v) is 12.0. The van der Waals surface area contributed by atoms with Crippen molar-refractivity contribution in [2.45, 2.75) is 19.6 Å². The molecule has 0 unspecified atom stereocenters. The van der Waals surface area contributed by atoms with Crippen molar-refractivity contribution in [3.05, 3.63) is 59.4 Å². The van der Waals surface area contributed by atoms with E-state index in [2.05, 4.69) is 35.1 Å². The summed E-state index contributed by atoms with van der Waals surface area (Å²) >= 11 is 0. The van der Waals surface area contributed by atoms with Crippen LogP contribution in [-0.2, 0) is 19.6 Å². The van der Waals surface area contributed by atoms with E-state index in [1.807, 2.05) is 18.3 Å². The molecule has 0 radical (unpaired) electrons. The normalized spacial score (nSPS) is 10.8. The van der Waals surface area contributed by atoms with E-state index in [1.165, 1.54) is 11.1 Å². The molecule has 1 aromatic carbocycles. The SMILES string of the molecule is COc1cc(CN(C)Cc2cccnc2)ccc1CN. The minimum Gasteiger partial charge on any atom is -0.496 e. The molecule has 4 heteroatoms. The van der Waals surface area contributed by atoms with Gasteiger partial charge in [0.15, 0.2) is 0 Å². The summed E-state index contributed by atoms with van der Waals surface area (Å²) in [5.41, 5.74) is 9.14. The second-order valence-corrected chi connectivity index (χ2v) is 4.88. The molecule has 0 spiro atoms. The number of rotatable bonds is 6. The standard InChI is InChI=1S/C16H21N3O/c1-19(12-14-4-3-7-18-10-14)11-13-5-6-15(9-17)16(8-13)20-2/h3-8,10H,9,11-12,17H2,1-2H3. The summed E-state index contributed by atoms with van der Waals surface area (Å²) in [7, 11) is 3.77. The lowest BCUT2D eigenvalue weighted by Gasteiger charge is -2.17. The second-order valence-electron chi connectivity index (χ2n) is 4.88. The fraction of sp³-hybridized carbons (Fsp3) is 0.312. The Labute approximate surface area is 120 Å². The number of hydrogen-bond acceptors (Lipinski definition) is 4. The minimum atomic E-state index is 0.495. The number of hydrogen-bond donors (Lipinski definition) is 1. The van der Waals surface area contributed by atoms with Crippen LogP contribution in [0, 0.1) is 0 Å². The maximum atomic E-state index is 5.68. The predicted octanol–water partition coefficient (Wildman–Crippen LogP) is 2.18. The number of ether oxygens (including phenoxy) is 1. The number of nitrogens with two attached hydrogens (primary N) is 1. The highest BCUT2D eigenvalue weighted by Crippen LogP contribution is 2.20. The van der Waals surface area contributed by atoms with Gasteiger partial charge < -0.3 is 10.5 Å². The summed E-state index contributed by atoms with van der Waals surface area (Å²) < 4.78 is 5.37. The van der Waals surface area contributed by atoms with E-state index >= 15 is 0 Å². The summed E-state index contributed by atoms with van der Waals surface area (Å²) in [6.45, 7) is 2.22. The van der Waals surface area contributed by atoms with Crippen LogP contribution in [0.1, 0.15) is 16.7 Å². The average Bonchev–Trinajstić information content (AvgIpc) is 2.48. The topological polar surface area (TPSA) is 51.4 Å². The van der Waals surface area contributed by atoms with E-state index in [1.54, 1.807) is 13.3 Å². The molecule has 0 aliphatic heterocycles. The first kappa shape index (κ1) is 14.5. The third-order valence-electron chi connectivity index (χ3n) is 3.20. The number of benzene rings is 1. The van der Waals surface area contributed by atoms with Gasteiger partial charge in [-0.25, -0.2) is 0 Å². The molecule has 1 heterocycles. The van der Waals surface area contributed by atoms with Crippen LogP contribution in [0.15, 0.2) is 42.7 Å². The van der Waals surface area contributed by atoms with Gasteiger partial charge in [-0.15, -0.1) is 0 Å². The molecule has 0 bridgehead atoms. The van der Waals surface area contributed by atoms with Gasteiger partial charge in [-0.3, -0.25) is 9.88 Å². The number of aromatic nitrogens is 1. The van der Waals surface area contributed by atoms with Crippen molar-refractivity contribution in [2.24, 2.45) is 5.73 Å². The number of pyridine rings is 1. The van der Waals surface area contributed by atoms with Gasteiger partial charge in [-0.2, -0.15) is 0 Å². The van der Waals surface area contributed by atoms with Crippen LogP contribution in [0.5, 0.6) is 5.75 Å². The molecule has 1 aromatic heterocycles. The molecule has 0 atom stereocenters. The molecule has 2 rings (SSSR count). The molecule has 2 aromatic rings. The molecule has 0 fully saturated rings. The van der Waals surface area contributed by atoms with E-state index in [4.69, 9.17) is 10.5 Å². The summed E-state index contributed by atoms with van der Waals surface area (Å²) in [5.74, 6) is 0.861. The van der Waals surface area contributed by atoms with Crippen LogP contribution >= 0.6 is 0 Å². The highest BCUT2D eigenvalue weighted by Gasteiger charge is 2.06. The van der Waals surface area contributed by atoms with E-state index < -0.39 is 0 Å². The Bertz CT molecular complexity index is 543. The Hall–Kier alpha value is -1.91. The lowest BCUT2D eigenvalue weighted by atomic mass is 10.1. The van der Waals surface area contributed by atoms with Gasteiger partial charge in [0, 0.05) is 37.6 Å². The van der Waals surface area contributed by atoms with E-state index in [9.17, 15) is 0 Å². The maximum absolute atomic E-state index is 5.68. The quantitative estimate of drug-likeness (QED) is 0.875. The van der Waals surface area contributed by atoms with E-state index in [-0.39, 0.29) is 0 Å². The first-order valence-corrected chi connectivity index (χ1v) is 6.66. The van der Waals surface area contributed by atoms with Crippen molar-refractivity contribution < 1.29 is 4.74 Å². The van der Waals surface area contributed by atoms with Crippen LogP contribution in [-0.4, -0.2) is 24.0 Å². The highest BCUT2D eigenvalue weighted by molar-refractivity contribution is 5.37. The molecule has 0 amide bonds. The first-order chi connectivity index (χ1) is 9.72. The van der Waals surface area contributed by atoms with Gasteiger partial charge in [-0.05, 0) is 30.3 Å². The smallest absolute Gasteiger partial charge is 0.123 e. The Morgan fingerprint density at radius 2 is 2.00 bits per heavy atom. The molecule has 4 nitrogen and oxygen atoms in total. The van der Waals surface area contributed by atoms with Crippen LogP contribution < -0.4 is 10.5 Å². The largest absolute Gasteiger partial charge is 0.496 e. The van der Waals surface area contributed by atoms with Crippen LogP contribution in [0.3, 0.4) is 0 Å². The van der Waals surface area contributed by atoms with Crippen molar-refractivity contribution >= 4 is 0 Å². The molecule has 0 aliphatic rings. The van der Waals surface area contributed by atoms with E-state index in [0.29, 0.717) is 6.54 Å². The summed E-state index contributed by atoms with van der Waals surface area (Å²) in [6, 6.07) is 10.2. The predicted molar refractivity (Wildman–Crippen MR) is 80.3 cm³/mol. The third-order valence-corrected chi connectivity index (χ3v) is 3.20. The van der Waals surface area contributed by atoms with Crippen LogP contribution in [0.25, 0.3) is 0 Å². The molecule has 2 N–H and O–H groups in total. The van der Waals surface area contributed by atoms with Crippen molar-refractivity contribution in [2.75, 3.05) is 14.2 Å². The van der Waals surface area contributed by atoms with Crippen molar-refractivity contribution in [1.29, 1.82) is 0 Å². The van der Waals surface area contributed by atoms with Gasteiger partial charge in [0.05, 0.1) is 7.11 Å². The van der Waals surface area contributed by atoms with Crippen molar-refractivity contribution in [3.63, 3.8) is 0 Å². The second kappa shape index (κ2) is 7.03. The Morgan fingerprint density at radius 1 is 1.20 bits per heavy atom. The molecule has 0 saturated carbocycles. The Balaban J connectivity index is 2.02. The lowest BCUT2D eigenvalue weighted by Crippen LogP contribution is -2.17. The van der Waals surface area contributed by atoms with Gasteiger partial charge in [0.25, 0.3) is 0 Å².